The van der Waals surface area contributed by atoms with Crippen LogP contribution in [0.5, 0.6) is 0 Å². The van der Waals surface area contributed by atoms with Gasteiger partial charge in [0.2, 0.25) is 21.8 Å². The Labute approximate surface area is 201 Å². The molecule has 2 aromatic rings. The summed E-state index contributed by atoms with van der Waals surface area (Å²) in [4.78, 5) is 27.8. The molecule has 1 atom stereocenters. The van der Waals surface area contributed by atoms with Crippen LogP contribution in [0.15, 0.2) is 42.5 Å². The molecule has 0 bridgehead atoms. The van der Waals surface area contributed by atoms with Crippen LogP contribution in [-0.4, -0.2) is 50.5 Å². The first-order chi connectivity index (χ1) is 15.5. The van der Waals surface area contributed by atoms with Crippen molar-refractivity contribution in [3.8, 4) is 0 Å². The highest BCUT2D eigenvalue weighted by Gasteiger charge is 2.31. The Bertz CT molecular complexity index is 1100. The molecule has 0 heterocycles. The normalized spacial score (nSPS) is 12.2. The molecule has 180 valence electrons. The number of anilines is 1. The Kier molecular flexibility index (Phi) is 9.31. The Morgan fingerprint density at radius 3 is 2.33 bits per heavy atom. The SMILES string of the molecule is CCNC(=O)[C@H](CC)N(Cc1cccc(C)c1)C(=O)CN(c1ccc(Cl)cc1C)S(C)(=O)=O. The molecule has 0 aromatic heterocycles. The van der Waals surface area contributed by atoms with Gasteiger partial charge < -0.3 is 10.2 Å². The molecule has 0 aliphatic rings. The van der Waals surface area contributed by atoms with Gasteiger partial charge in [0.15, 0.2) is 0 Å². The van der Waals surface area contributed by atoms with Crippen LogP contribution in [0.4, 0.5) is 5.69 Å². The van der Waals surface area contributed by atoms with Crippen LogP contribution in [0.3, 0.4) is 0 Å². The molecule has 9 heteroatoms. The van der Waals surface area contributed by atoms with E-state index in [1.54, 1.807) is 25.1 Å². The van der Waals surface area contributed by atoms with Gasteiger partial charge in [0.25, 0.3) is 0 Å². The van der Waals surface area contributed by atoms with Crippen LogP contribution in [0, 0.1) is 13.8 Å². The molecule has 0 aliphatic carbocycles. The maximum atomic E-state index is 13.6. The number of hydrogen-bond donors (Lipinski definition) is 1. The molecule has 1 N–H and O–H groups in total. The van der Waals surface area contributed by atoms with Crippen molar-refractivity contribution >= 4 is 39.1 Å². The number of sulfonamides is 1. The summed E-state index contributed by atoms with van der Waals surface area (Å²) in [6, 6.07) is 11.8. The number of benzene rings is 2. The molecule has 0 aliphatic heterocycles. The quantitative estimate of drug-likeness (QED) is 0.547. The van der Waals surface area contributed by atoms with E-state index in [0.717, 1.165) is 21.7 Å². The number of halogens is 1. The summed E-state index contributed by atoms with van der Waals surface area (Å²) in [5.41, 5.74) is 2.89. The van der Waals surface area contributed by atoms with Crippen LogP contribution in [0.1, 0.15) is 37.0 Å². The molecule has 2 amide bonds. The number of aryl methyl sites for hydroxylation is 2. The lowest BCUT2D eigenvalue weighted by atomic mass is 10.1. The molecular weight excluding hydrogens is 462 g/mol. The summed E-state index contributed by atoms with van der Waals surface area (Å²) in [6.07, 6.45) is 1.45. The third-order valence-corrected chi connectivity index (χ3v) is 6.64. The van der Waals surface area contributed by atoms with Crippen molar-refractivity contribution in [2.75, 3.05) is 23.7 Å². The Balaban J connectivity index is 2.46. The Morgan fingerprint density at radius 2 is 1.79 bits per heavy atom. The van der Waals surface area contributed by atoms with E-state index in [-0.39, 0.29) is 12.5 Å². The van der Waals surface area contributed by atoms with E-state index >= 15 is 0 Å². The minimum atomic E-state index is -3.78. The second-order valence-electron chi connectivity index (χ2n) is 8.03. The van der Waals surface area contributed by atoms with Gasteiger partial charge in [-0.2, -0.15) is 0 Å². The lowest BCUT2D eigenvalue weighted by Gasteiger charge is -2.33. The first-order valence-corrected chi connectivity index (χ1v) is 13.1. The fourth-order valence-electron chi connectivity index (χ4n) is 3.71. The van der Waals surface area contributed by atoms with Crippen LogP contribution >= 0.6 is 11.6 Å². The molecule has 0 unspecified atom stereocenters. The van der Waals surface area contributed by atoms with Gasteiger partial charge in [-0.15, -0.1) is 0 Å². The van der Waals surface area contributed by atoms with E-state index in [1.165, 1.54) is 4.90 Å². The lowest BCUT2D eigenvalue weighted by Crippen LogP contribution is -2.52. The van der Waals surface area contributed by atoms with Crippen molar-refractivity contribution in [3.05, 3.63) is 64.2 Å². The van der Waals surface area contributed by atoms with Gasteiger partial charge in [-0.05, 0) is 56.5 Å². The summed E-state index contributed by atoms with van der Waals surface area (Å²) in [5, 5.41) is 3.25. The zero-order valence-electron chi connectivity index (χ0n) is 19.8. The van der Waals surface area contributed by atoms with E-state index in [0.29, 0.717) is 29.2 Å². The van der Waals surface area contributed by atoms with E-state index in [1.807, 2.05) is 45.0 Å². The maximum absolute atomic E-state index is 13.6. The van der Waals surface area contributed by atoms with Gasteiger partial charge in [0, 0.05) is 18.1 Å². The molecule has 0 radical (unpaired) electrons. The highest BCUT2D eigenvalue weighted by atomic mass is 35.5. The van der Waals surface area contributed by atoms with Crippen molar-refractivity contribution in [1.29, 1.82) is 0 Å². The number of nitrogens with zero attached hydrogens (tertiary/aromatic N) is 2. The molecule has 0 fully saturated rings. The Morgan fingerprint density at radius 1 is 1.09 bits per heavy atom. The van der Waals surface area contributed by atoms with Crippen LogP contribution in [-0.2, 0) is 26.2 Å². The number of amides is 2. The Hall–Kier alpha value is -2.58. The predicted molar refractivity (Wildman–Crippen MR) is 133 cm³/mol. The highest BCUT2D eigenvalue weighted by Crippen LogP contribution is 2.26. The van der Waals surface area contributed by atoms with Crippen molar-refractivity contribution in [2.45, 2.75) is 46.7 Å². The van der Waals surface area contributed by atoms with E-state index in [4.69, 9.17) is 11.6 Å². The third kappa shape index (κ3) is 7.20. The van der Waals surface area contributed by atoms with Crippen molar-refractivity contribution in [3.63, 3.8) is 0 Å². The highest BCUT2D eigenvalue weighted by molar-refractivity contribution is 7.92. The number of hydrogen-bond acceptors (Lipinski definition) is 4. The maximum Gasteiger partial charge on any atom is 0.244 e. The van der Waals surface area contributed by atoms with Crippen LogP contribution < -0.4 is 9.62 Å². The topological polar surface area (TPSA) is 86.8 Å². The second-order valence-corrected chi connectivity index (χ2v) is 10.4. The van der Waals surface area contributed by atoms with Gasteiger partial charge in [-0.25, -0.2) is 8.42 Å². The zero-order valence-corrected chi connectivity index (χ0v) is 21.3. The van der Waals surface area contributed by atoms with E-state index < -0.39 is 28.5 Å². The van der Waals surface area contributed by atoms with Gasteiger partial charge in [-0.1, -0.05) is 48.4 Å². The standard InChI is InChI=1S/C24H32ClN3O4S/c1-6-21(24(30)26-7-2)27(15-19-10-8-9-17(3)13-19)23(29)16-28(33(5,31)32)22-12-11-20(25)14-18(22)4/h8-14,21H,6-7,15-16H2,1-5H3,(H,26,30)/t21-/m0/s1. The van der Waals surface area contributed by atoms with Gasteiger partial charge in [0.1, 0.15) is 12.6 Å². The van der Waals surface area contributed by atoms with Crippen LogP contribution in [0.25, 0.3) is 0 Å². The largest absolute Gasteiger partial charge is 0.355 e. The third-order valence-electron chi connectivity index (χ3n) is 5.28. The summed E-state index contributed by atoms with van der Waals surface area (Å²) >= 11 is 6.03. The van der Waals surface area contributed by atoms with Crippen LogP contribution in [0.2, 0.25) is 5.02 Å². The molecule has 0 spiro atoms. The molecule has 2 aromatic carbocycles. The van der Waals surface area contributed by atoms with E-state index in [9.17, 15) is 18.0 Å². The average Bonchev–Trinajstić information content (AvgIpc) is 2.71. The van der Waals surface area contributed by atoms with Gasteiger partial charge in [-0.3, -0.25) is 13.9 Å². The summed E-state index contributed by atoms with van der Waals surface area (Å²) in [7, 11) is -3.78. The minimum absolute atomic E-state index is 0.188. The molecule has 33 heavy (non-hydrogen) atoms. The average molecular weight is 494 g/mol. The van der Waals surface area contributed by atoms with Gasteiger partial charge >= 0.3 is 0 Å². The lowest BCUT2D eigenvalue weighted by molar-refractivity contribution is -0.140. The monoisotopic (exact) mass is 493 g/mol. The number of carbonyl (C=O) groups excluding carboxylic acids is 2. The van der Waals surface area contributed by atoms with Crippen molar-refractivity contribution < 1.29 is 18.0 Å². The first-order valence-electron chi connectivity index (χ1n) is 10.8. The summed E-state index contributed by atoms with van der Waals surface area (Å²) < 4.78 is 26.4. The van der Waals surface area contributed by atoms with Gasteiger partial charge in [0.05, 0.1) is 11.9 Å². The first kappa shape index (κ1) is 26.7. The second kappa shape index (κ2) is 11.5. The zero-order chi connectivity index (χ0) is 24.8. The summed E-state index contributed by atoms with van der Waals surface area (Å²) in [6.45, 7) is 7.52. The fourth-order valence-corrected chi connectivity index (χ4v) is 4.85. The fraction of sp³-hybridized carbons (Fsp3) is 0.417. The molecular formula is C24H32ClN3O4S. The molecule has 7 nitrogen and oxygen atoms in total. The number of carbonyl (C=O) groups is 2. The van der Waals surface area contributed by atoms with E-state index in [2.05, 4.69) is 5.32 Å². The van der Waals surface area contributed by atoms with Crippen molar-refractivity contribution in [1.82, 2.24) is 10.2 Å². The molecule has 0 saturated carbocycles. The molecule has 2 rings (SSSR count). The predicted octanol–water partition coefficient (Wildman–Crippen LogP) is 3.67. The number of nitrogens with one attached hydrogen (secondary N) is 1. The minimum Gasteiger partial charge on any atom is -0.355 e. The number of likely N-dealkylation sites (N-methyl/N-ethyl adjacent to an activating group) is 1. The summed E-state index contributed by atoms with van der Waals surface area (Å²) in [5.74, 6) is -0.732. The number of rotatable bonds is 10. The molecule has 0 saturated heterocycles. The van der Waals surface area contributed by atoms with Crippen molar-refractivity contribution in [2.24, 2.45) is 0 Å². The smallest absolute Gasteiger partial charge is 0.244 e.